The molecule has 0 radical (unpaired) electrons. The van der Waals surface area contributed by atoms with E-state index >= 15 is 0 Å². The van der Waals surface area contributed by atoms with E-state index in [1.54, 1.807) is 26.4 Å². The number of hydrogen-bond donors (Lipinski definition) is 1. The minimum Gasteiger partial charge on any atom is -0.491 e. The van der Waals surface area contributed by atoms with Crippen molar-refractivity contribution in [3.05, 3.63) is 53.2 Å². The summed E-state index contributed by atoms with van der Waals surface area (Å²) in [7, 11) is 6.67. The lowest BCUT2D eigenvalue weighted by Gasteiger charge is -2.30. The van der Waals surface area contributed by atoms with Crippen LogP contribution in [0.25, 0.3) is 21.5 Å². The predicted molar refractivity (Wildman–Crippen MR) is 151 cm³/mol. The highest BCUT2D eigenvalue weighted by Gasteiger charge is 2.38. The van der Waals surface area contributed by atoms with Gasteiger partial charge in [-0.1, -0.05) is 24.3 Å². The van der Waals surface area contributed by atoms with Gasteiger partial charge in [-0.25, -0.2) is 9.97 Å². The third kappa shape index (κ3) is 6.52. The first-order valence-corrected chi connectivity index (χ1v) is 13.8. The molecule has 1 aliphatic carbocycles. The van der Waals surface area contributed by atoms with Gasteiger partial charge >= 0.3 is 6.18 Å². The summed E-state index contributed by atoms with van der Waals surface area (Å²) in [4.78, 5) is 11.4. The van der Waals surface area contributed by atoms with E-state index in [9.17, 15) is 13.2 Å². The van der Waals surface area contributed by atoms with Crippen LogP contribution < -0.4 is 19.7 Å². The Morgan fingerprint density at radius 2 is 1.80 bits per heavy atom. The normalized spacial score (nSPS) is 19.0. The molecule has 41 heavy (non-hydrogen) atoms. The monoisotopic (exact) mass is 588 g/mol. The van der Waals surface area contributed by atoms with Gasteiger partial charge in [0.25, 0.3) is 5.88 Å². The van der Waals surface area contributed by atoms with E-state index in [-0.39, 0.29) is 23.1 Å². The quantitative estimate of drug-likeness (QED) is 0.273. The van der Waals surface area contributed by atoms with Crippen LogP contribution in [-0.2, 0) is 17.7 Å². The molecule has 13 heteroatoms. The van der Waals surface area contributed by atoms with E-state index in [0.717, 1.165) is 35.3 Å². The number of alkyl halides is 3. The van der Waals surface area contributed by atoms with Gasteiger partial charge in [-0.05, 0) is 24.5 Å². The highest BCUT2D eigenvalue weighted by molar-refractivity contribution is 7.18. The van der Waals surface area contributed by atoms with Crippen molar-refractivity contribution in [1.82, 2.24) is 25.5 Å². The van der Waals surface area contributed by atoms with Crippen molar-refractivity contribution in [2.75, 3.05) is 33.3 Å². The Labute approximate surface area is 239 Å². The van der Waals surface area contributed by atoms with Crippen molar-refractivity contribution in [2.24, 2.45) is 0 Å². The number of nitrogens with zero attached hydrogens (tertiary/aromatic N) is 5. The molecule has 218 valence electrons. The summed E-state index contributed by atoms with van der Waals surface area (Å²) >= 11 is 1.05. The van der Waals surface area contributed by atoms with Gasteiger partial charge in [-0.15, -0.1) is 21.5 Å². The Morgan fingerprint density at radius 1 is 1.02 bits per heavy atom. The molecule has 1 saturated carbocycles. The average Bonchev–Trinajstić information content (AvgIpc) is 3.57. The van der Waals surface area contributed by atoms with Crippen LogP contribution in [0, 0.1) is 0 Å². The van der Waals surface area contributed by atoms with Crippen LogP contribution >= 0.6 is 11.3 Å². The molecule has 5 rings (SSSR count). The van der Waals surface area contributed by atoms with Gasteiger partial charge in [0.15, 0.2) is 5.75 Å². The van der Waals surface area contributed by atoms with Gasteiger partial charge in [0.1, 0.15) is 17.0 Å². The lowest BCUT2D eigenvalue weighted by molar-refractivity contribution is -0.126. The lowest BCUT2D eigenvalue weighted by atomic mass is 10.1. The van der Waals surface area contributed by atoms with Crippen LogP contribution in [0.1, 0.15) is 23.3 Å². The molecule has 0 amide bonds. The number of rotatable bonds is 10. The van der Waals surface area contributed by atoms with Crippen molar-refractivity contribution in [3.8, 4) is 22.9 Å². The highest BCUT2D eigenvalue weighted by Crippen LogP contribution is 2.36. The van der Waals surface area contributed by atoms with Crippen molar-refractivity contribution in [1.29, 1.82) is 0 Å². The standard InChI is InChI=1S/C28H31F3N6O3S/c1-37(25-20-11-19(13-28(29,30)31)41-27(20)34-15-33-25)22-9-18(10-23(22)38-2)32-14-16-5-7-17(8-6-16)21-12-24(39-3)26(40-4)36-35-21/h5-8,11-12,15,18,22-23,32H,9-10,13-14H2,1-4H3/t18-,22+,23-/m1/s1. The molecule has 3 heterocycles. The number of anilines is 1. The van der Waals surface area contributed by atoms with Crippen LogP contribution in [-0.4, -0.2) is 72.9 Å². The molecule has 1 fully saturated rings. The highest BCUT2D eigenvalue weighted by atomic mass is 32.1. The number of fused-ring (bicyclic) bond motifs is 1. The molecule has 0 unspecified atom stereocenters. The zero-order chi connectivity index (χ0) is 29.1. The summed E-state index contributed by atoms with van der Waals surface area (Å²) < 4.78 is 55.3. The molecule has 9 nitrogen and oxygen atoms in total. The Kier molecular flexibility index (Phi) is 8.57. The fraction of sp³-hybridized carbons (Fsp3) is 0.429. The minimum absolute atomic E-state index is 0.00688. The van der Waals surface area contributed by atoms with Crippen molar-refractivity contribution < 1.29 is 27.4 Å². The van der Waals surface area contributed by atoms with E-state index in [4.69, 9.17) is 14.2 Å². The predicted octanol–water partition coefficient (Wildman–Crippen LogP) is 5.04. The Bertz CT molecular complexity index is 1480. The van der Waals surface area contributed by atoms with Crippen molar-refractivity contribution in [3.63, 3.8) is 0 Å². The van der Waals surface area contributed by atoms with Crippen molar-refractivity contribution >= 4 is 27.4 Å². The maximum absolute atomic E-state index is 13.0. The Balaban J connectivity index is 1.24. The molecule has 0 spiro atoms. The van der Waals surface area contributed by atoms with Crippen molar-refractivity contribution in [2.45, 2.75) is 50.2 Å². The second-order valence-electron chi connectivity index (χ2n) is 9.93. The van der Waals surface area contributed by atoms with E-state index in [2.05, 4.69) is 25.5 Å². The first kappa shape index (κ1) is 29.0. The van der Waals surface area contributed by atoms with Gasteiger partial charge < -0.3 is 24.4 Å². The second-order valence-corrected chi connectivity index (χ2v) is 11.0. The van der Waals surface area contributed by atoms with E-state index in [1.807, 2.05) is 36.2 Å². The molecule has 0 aliphatic heterocycles. The number of likely N-dealkylation sites (N-methyl/N-ethyl adjacent to an activating group) is 1. The van der Waals surface area contributed by atoms with Gasteiger partial charge in [0, 0.05) is 43.3 Å². The van der Waals surface area contributed by atoms with E-state index < -0.39 is 12.6 Å². The number of hydrogen-bond acceptors (Lipinski definition) is 10. The second kappa shape index (κ2) is 12.1. The van der Waals surface area contributed by atoms with E-state index in [1.165, 1.54) is 13.4 Å². The van der Waals surface area contributed by atoms with Gasteiger partial charge in [0.05, 0.1) is 43.9 Å². The summed E-state index contributed by atoms with van der Waals surface area (Å²) in [5, 5.41) is 12.6. The van der Waals surface area contributed by atoms with Crippen LogP contribution in [0.3, 0.4) is 0 Å². The number of halogens is 3. The average molecular weight is 589 g/mol. The molecule has 3 atom stereocenters. The number of benzene rings is 1. The van der Waals surface area contributed by atoms with E-state index in [0.29, 0.717) is 39.9 Å². The summed E-state index contributed by atoms with van der Waals surface area (Å²) in [5.41, 5.74) is 2.70. The molecule has 1 aliphatic rings. The summed E-state index contributed by atoms with van der Waals surface area (Å²) in [6.45, 7) is 0.665. The largest absolute Gasteiger partial charge is 0.491 e. The third-order valence-electron chi connectivity index (χ3n) is 7.33. The molecule has 1 aromatic carbocycles. The lowest BCUT2D eigenvalue weighted by Crippen LogP contribution is -2.39. The van der Waals surface area contributed by atoms with Crippen LogP contribution in [0.5, 0.6) is 11.6 Å². The topological polar surface area (TPSA) is 94.5 Å². The minimum atomic E-state index is -4.27. The van der Waals surface area contributed by atoms with Gasteiger partial charge in [0.2, 0.25) is 0 Å². The van der Waals surface area contributed by atoms with Gasteiger partial charge in [-0.3, -0.25) is 0 Å². The number of aromatic nitrogens is 4. The number of nitrogens with one attached hydrogen (secondary N) is 1. The number of methoxy groups -OCH3 is 3. The summed E-state index contributed by atoms with van der Waals surface area (Å²) in [6, 6.07) is 11.6. The summed E-state index contributed by atoms with van der Waals surface area (Å²) in [6.07, 6.45) is -2.33. The maximum Gasteiger partial charge on any atom is 0.393 e. The van der Waals surface area contributed by atoms with Gasteiger partial charge in [-0.2, -0.15) is 13.2 Å². The zero-order valence-corrected chi connectivity index (χ0v) is 23.9. The molecular formula is C28H31F3N6O3S. The molecular weight excluding hydrogens is 557 g/mol. The smallest absolute Gasteiger partial charge is 0.393 e. The maximum atomic E-state index is 13.0. The Hall–Kier alpha value is -3.55. The number of thiophene rings is 1. The SMILES string of the molecule is COc1cc(-c2ccc(CN[C@H]3C[C@@H](OC)[C@@H](N(C)c4ncnc5sc(CC(F)(F)F)cc45)C3)cc2)nnc1OC. The first-order valence-electron chi connectivity index (χ1n) is 13.0. The zero-order valence-electron chi connectivity index (χ0n) is 23.1. The summed E-state index contributed by atoms with van der Waals surface area (Å²) in [5.74, 6) is 1.46. The third-order valence-corrected chi connectivity index (χ3v) is 8.37. The number of ether oxygens (including phenoxy) is 3. The Morgan fingerprint density at radius 3 is 2.49 bits per heavy atom. The van der Waals surface area contributed by atoms with Crippen LogP contribution in [0.2, 0.25) is 0 Å². The molecule has 1 N–H and O–H groups in total. The first-order chi connectivity index (χ1) is 19.7. The fourth-order valence-electron chi connectivity index (χ4n) is 5.27. The van der Waals surface area contributed by atoms with Crippen LogP contribution in [0.4, 0.5) is 19.0 Å². The molecule has 0 saturated heterocycles. The molecule has 4 aromatic rings. The molecule has 0 bridgehead atoms. The van der Waals surface area contributed by atoms with Crippen LogP contribution in [0.15, 0.2) is 42.7 Å². The fourth-order valence-corrected chi connectivity index (χ4v) is 6.29. The molecule has 3 aromatic heterocycles.